The lowest BCUT2D eigenvalue weighted by atomic mass is 10.2. The number of amidine groups is 1. The van der Waals surface area contributed by atoms with E-state index in [-0.39, 0.29) is 5.75 Å². The van der Waals surface area contributed by atoms with E-state index in [0.29, 0.717) is 16.5 Å². The van der Waals surface area contributed by atoms with Crippen LogP contribution in [-0.2, 0) is 0 Å². The van der Waals surface area contributed by atoms with Crippen LogP contribution in [0, 0.1) is 18.4 Å². The Balaban J connectivity index is 2.14. The van der Waals surface area contributed by atoms with Crippen LogP contribution in [0.15, 0.2) is 41.4 Å². The predicted octanol–water partition coefficient (Wildman–Crippen LogP) is 2.86. The number of thioether (sulfide) groups is 1. The molecule has 0 aliphatic heterocycles. The summed E-state index contributed by atoms with van der Waals surface area (Å²) in [5, 5.41) is 31.0. The third kappa shape index (κ3) is 3.02. The average Bonchev–Trinajstić information content (AvgIpc) is 3.01. The van der Waals surface area contributed by atoms with E-state index in [4.69, 9.17) is 5.26 Å². The SMILES string of the molecule is CSC(=Nc1cc(C)cc(-n2nc3ccccc3n2)c1O)NC#N. The Morgan fingerprint density at radius 1 is 1.29 bits per heavy atom. The molecule has 0 unspecified atom stereocenters. The molecule has 7 nitrogen and oxygen atoms in total. The van der Waals surface area contributed by atoms with E-state index in [9.17, 15) is 5.11 Å². The van der Waals surface area contributed by atoms with Gasteiger partial charge in [0.2, 0.25) is 0 Å². The molecule has 3 aromatic rings. The maximum absolute atomic E-state index is 10.6. The van der Waals surface area contributed by atoms with Crippen molar-refractivity contribution in [2.75, 3.05) is 6.26 Å². The second-order valence-corrected chi connectivity index (χ2v) is 5.78. The average molecular weight is 338 g/mol. The van der Waals surface area contributed by atoms with Crippen LogP contribution in [0.2, 0.25) is 0 Å². The predicted molar refractivity (Wildman–Crippen MR) is 94.6 cm³/mol. The zero-order valence-corrected chi connectivity index (χ0v) is 13.9. The highest BCUT2D eigenvalue weighted by Gasteiger charge is 2.14. The number of aryl methyl sites for hydroxylation is 1. The minimum absolute atomic E-state index is 0.0489. The molecule has 0 atom stereocenters. The molecule has 0 aliphatic carbocycles. The van der Waals surface area contributed by atoms with Crippen LogP contribution in [0.4, 0.5) is 5.69 Å². The first-order valence-corrected chi connectivity index (χ1v) is 8.28. The molecule has 0 saturated carbocycles. The Labute approximate surface area is 142 Å². The van der Waals surface area contributed by atoms with Gasteiger partial charge >= 0.3 is 0 Å². The number of phenols is 1. The molecule has 3 rings (SSSR count). The lowest BCUT2D eigenvalue weighted by Crippen LogP contribution is -2.12. The maximum Gasteiger partial charge on any atom is 0.183 e. The highest BCUT2D eigenvalue weighted by atomic mass is 32.2. The topological polar surface area (TPSA) is 99.1 Å². The number of nitrogens with one attached hydrogen (secondary N) is 1. The number of aliphatic imine (C=N–C) groups is 1. The smallest absolute Gasteiger partial charge is 0.183 e. The molecule has 2 aromatic carbocycles. The second kappa shape index (κ2) is 6.60. The van der Waals surface area contributed by atoms with Gasteiger partial charge in [-0.05, 0) is 43.0 Å². The molecule has 0 saturated heterocycles. The van der Waals surface area contributed by atoms with Gasteiger partial charge in [-0.2, -0.15) is 5.26 Å². The number of aromatic hydroxyl groups is 1. The number of nitrogens with zero attached hydrogens (tertiary/aromatic N) is 5. The number of aromatic nitrogens is 3. The van der Waals surface area contributed by atoms with Gasteiger partial charge in [0.25, 0.3) is 0 Å². The molecule has 1 aromatic heterocycles. The lowest BCUT2D eigenvalue weighted by Gasteiger charge is -2.08. The Kier molecular flexibility index (Phi) is 4.35. The molecular weight excluding hydrogens is 324 g/mol. The highest BCUT2D eigenvalue weighted by molar-refractivity contribution is 8.13. The zero-order chi connectivity index (χ0) is 17.1. The largest absolute Gasteiger partial charge is 0.504 e. The van der Waals surface area contributed by atoms with Crippen molar-refractivity contribution in [3.63, 3.8) is 0 Å². The number of hydrogen-bond acceptors (Lipinski definition) is 6. The maximum atomic E-state index is 10.6. The van der Waals surface area contributed by atoms with Gasteiger partial charge in [-0.25, -0.2) is 4.99 Å². The molecular formula is C16H14N6OS. The summed E-state index contributed by atoms with van der Waals surface area (Å²) in [5.74, 6) is -0.0489. The third-order valence-electron chi connectivity index (χ3n) is 3.29. The van der Waals surface area contributed by atoms with Gasteiger partial charge in [-0.3, -0.25) is 5.32 Å². The first-order chi connectivity index (χ1) is 11.6. The Morgan fingerprint density at radius 2 is 1.96 bits per heavy atom. The van der Waals surface area contributed by atoms with E-state index >= 15 is 0 Å². The third-order valence-corrected chi connectivity index (χ3v) is 3.87. The van der Waals surface area contributed by atoms with E-state index < -0.39 is 0 Å². The fourth-order valence-electron chi connectivity index (χ4n) is 2.23. The minimum Gasteiger partial charge on any atom is -0.504 e. The van der Waals surface area contributed by atoms with Crippen molar-refractivity contribution in [3.8, 4) is 17.6 Å². The van der Waals surface area contributed by atoms with Gasteiger partial charge in [-0.1, -0.05) is 23.9 Å². The molecule has 0 bridgehead atoms. The molecule has 120 valence electrons. The van der Waals surface area contributed by atoms with E-state index in [1.54, 1.807) is 18.4 Å². The van der Waals surface area contributed by atoms with Gasteiger partial charge in [0.1, 0.15) is 22.4 Å². The first kappa shape index (κ1) is 15.8. The van der Waals surface area contributed by atoms with Crippen molar-refractivity contribution < 1.29 is 5.11 Å². The quantitative estimate of drug-likeness (QED) is 0.323. The van der Waals surface area contributed by atoms with Crippen molar-refractivity contribution in [2.24, 2.45) is 4.99 Å². The van der Waals surface area contributed by atoms with Crippen LogP contribution >= 0.6 is 11.8 Å². The van der Waals surface area contributed by atoms with Crippen LogP contribution in [0.5, 0.6) is 5.75 Å². The fraction of sp³-hybridized carbons (Fsp3) is 0.125. The molecule has 0 aliphatic rings. The lowest BCUT2D eigenvalue weighted by molar-refractivity contribution is 0.469. The summed E-state index contributed by atoms with van der Waals surface area (Å²) in [7, 11) is 0. The number of hydrogen-bond donors (Lipinski definition) is 2. The Bertz CT molecular complexity index is 939. The van der Waals surface area contributed by atoms with Crippen molar-refractivity contribution in [1.82, 2.24) is 20.3 Å². The van der Waals surface area contributed by atoms with Gasteiger partial charge in [0, 0.05) is 0 Å². The normalized spacial score (nSPS) is 11.5. The summed E-state index contributed by atoms with van der Waals surface area (Å²) in [6, 6.07) is 11.0. The molecule has 0 radical (unpaired) electrons. The van der Waals surface area contributed by atoms with E-state index in [2.05, 4.69) is 20.5 Å². The summed E-state index contributed by atoms with van der Waals surface area (Å²) >= 11 is 1.28. The van der Waals surface area contributed by atoms with Gasteiger partial charge in [0.05, 0.1) is 0 Å². The summed E-state index contributed by atoms with van der Waals surface area (Å²) in [6.45, 7) is 1.89. The molecule has 2 N–H and O–H groups in total. The number of fused-ring (bicyclic) bond motifs is 1. The highest BCUT2D eigenvalue weighted by Crippen LogP contribution is 2.34. The van der Waals surface area contributed by atoms with Gasteiger partial charge in [0.15, 0.2) is 17.1 Å². The van der Waals surface area contributed by atoms with Crippen LogP contribution in [0.3, 0.4) is 0 Å². The fourth-order valence-corrected chi connectivity index (χ4v) is 2.57. The first-order valence-electron chi connectivity index (χ1n) is 7.06. The van der Waals surface area contributed by atoms with Crippen LogP contribution in [0.25, 0.3) is 16.7 Å². The summed E-state index contributed by atoms with van der Waals surface area (Å²) < 4.78 is 0. The molecule has 8 heteroatoms. The van der Waals surface area contributed by atoms with E-state index in [1.807, 2.05) is 37.4 Å². The molecule has 1 heterocycles. The Morgan fingerprint density at radius 3 is 2.54 bits per heavy atom. The van der Waals surface area contributed by atoms with Crippen molar-refractivity contribution in [2.45, 2.75) is 6.92 Å². The minimum atomic E-state index is -0.0489. The van der Waals surface area contributed by atoms with Crippen LogP contribution in [-0.4, -0.2) is 31.5 Å². The number of rotatable bonds is 2. The van der Waals surface area contributed by atoms with Gasteiger partial charge in [-0.15, -0.1) is 15.0 Å². The Hall–Kier alpha value is -3.05. The van der Waals surface area contributed by atoms with E-state index in [0.717, 1.165) is 16.6 Å². The molecule has 0 amide bonds. The standard InChI is InChI=1S/C16H14N6OS/c1-10-7-13(19-16(24-2)18-9-17)15(23)14(8-10)22-20-11-5-3-4-6-12(11)21-22/h3-8,23H,1-2H3,(H,18,19). The van der Waals surface area contributed by atoms with Crippen molar-refractivity contribution in [1.29, 1.82) is 5.26 Å². The summed E-state index contributed by atoms with van der Waals surface area (Å²) in [6.07, 6.45) is 3.61. The number of phenolic OH excluding ortho intramolecular Hbond substituents is 1. The van der Waals surface area contributed by atoms with Crippen LogP contribution in [0.1, 0.15) is 5.56 Å². The van der Waals surface area contributed by atoms with Crippen molar-refractivity contribution >= 4 is 33.7 Å². The molecule has 0 spiro atoms. The summed E-state index contributed by atoms with van der Waals surface area (Å²) in [5.41, 5.74) is 3.14. The van der Waals surface area contributed by atoms with Gasteiger partial charge < -0.3 is 5.11 Å². The second-order valence-electron chi connectivity index (χ2n) is 4.99. The number of benzene rings is 2. The number of nitriles is 1. The molecule has 24 heavy (non-hydrogen) atoms. The zero-order valence-electron chi connectivity index (χ0n) is 13.1. The van der Waals surface area contributed by atoms with Crippen molar-refractivity contribution in [3.05, 3.63) is 42.0 Å². The molecule has 0 fully saturated rings. The van der Waals surface area contributed by atoms with Crippen LogP contribution < -0.4 is 5.32 Å². The van der Waals surface area contributed by atoms with E-state index in [1.165, 1.54) is 16.6 Å². The monoisotopic (exact) mass is 338 g/mol. The summed E-state index contributed by atoms with van der Waals surface area (Å²) in [4.78, 5) is 5.69.